The van der Waals surface area contributed by atoms with Gasteiger partial charge in [-0.3, -0.25) is 9.78 Å². The van der Waals surface area contributed by atoms with Gasteiger partial charge in [-0.25, -0.2) is 0 Å². The highest BCUT2D eigenvalue weighted by atomic mass is 32.2. The second-order valence-electron chi connectivity index (χ2n) is 6.63. The van der Waals surface area contributed by atoms with Crippen LogP contribution in [0.25, 0.3) is 10.9 Å². The van der Waals surface area contributed by atoms with Gasteiger partial charge in [-0.15, -0.1) is 0 Å². The molecule has 0 atom stereocenters. The maximum atomic E-state index is 13.1. The van der Waals surface area contributed by atoms with Crippen LogP contribution in [0.5, 0.6) is 5.75 Å². The zero-order chi connectivity index (χ0) is 21.1. The third kappa shape index (κ3) is 3.88. The summed E-state index contributed by atoms with van der Waals surface area (Å²) in [6.07, 6.45) is 1.61. The van der Waals surface area contributed by atoms with E-state index in [1.807, 2.05) is 13.0 Å². The van der Waals surface area contributed by atoms with Crippen LogP contribution in [0.1, 0.15) is 15.9 Å². The lowest BCUT2D eigenvalue weighted by molar-refractivity contribution is 0.102. The monoisotopic (exact) mass is 418 g/mol. The van der Waals surface area contributed by atoms with Gasteiger partial charge in [0.25, 0.3) is 5.91 Å². The Morgan fingerprint density at radius 1 is 0.900 bits per heavy atom. The molecule has 0 aliphatic carbocycles. The van der Waals surface area contributed by atoms with E-state index in [0.717, 1.165) is 5.56 Å². The number of aryl methyl sites for hydroxylation is 1. The first-order valence-corrected chi connectivity index (χ1v) is 10.6. The van der Waals surface area contributed by atoms with Crippen molar-refractivity contribution in [3.63, 3.8) is 0 Å². The van der Waals surface area contributed by atoms with Crippen LogP contribution in [0.3, 0.4) is 0 Å². The Hall–Kier alpha value is -3.71. The van der Waals surface area contributed by atoms with E-state index in [2.05, 4.69) is 10.3 Å². The number of rotatable bonds is 5. The fraction of sp³-hybridized carbons (Fsp3) is 0.0435. The van der Waals surface area contributed by atoms with Gasteiger partial charge >= 0.3 is 10.1 Å². The molecule has 1 heterocycles. The summed E-state index contributed by atoms with van der Waals surface area (Å²) >= 11 is 0. The Labute approximate surface area is 174 Å². The zero-order valence-corrected chi connectivity index (χ0v) is 16.9. The molecule has 1 amide bonds. The minimum atomic E-state index is -4.21. The number of aromatic nitrogens is 1. The van der Waals surface area contributed by atoms with Crippen LogP contribution in [0.15, 0.2) is 90.0 Å². The van der Waals surface area contributed by atoms with Gasteiger partial charge < -0.3 is 9.50 Å². The Bertz CT molecular complexity index is 1340. The average Bonchev–Trinajstić information content (AvgIpc) is 2.75. The molecule has 0 saturated carbocycles. The first kappa shape index (κ1) is 19.6. The third-order valence-electron chi connectivity index (χ3n) is 4.56. The molecule has 0 bridgehead atoms. The van der Waals surface area contributed by atoms with Gasteiger partial charge in [0, 0.05) is 17.3 Å². The molecule has 0 radical (unpaired) electrons. The van der Waals surface area contributed by atoms with E-state index in [1.165, 1.54) is 18.2 Å². The maximum absolute atomic E-state index is 13.1. The van der Waals surface area contributed by atoms with Gasteiger partial charge in [0.15, 0.2) is 5.75 Å². The predicted molar refractivity (Wildman–Crippen MR) is 115 cm³/mol. The lowest BCUT2D eigenvalue weighted by Gasteiger charge is -2.13. The van der Waals surface area contributed by atoms with Crippen LogP contribution >= 0.6 is 0 Å². The number of benzene rings is 3. The molecule has 7 heteroatoms. The molecule has 30 heavy (non-hydrogen) atoms. The second-order valence-corrected chi connectivity index (χ2v) is 8.15. The van der Waals surface area contributed by atoms with Crippen LogP contribution in [-0.2, 0) is 10.1 Å². The van der Waals surface area contributed by atoms with Crippen molar-refractivity contribution in [2.45, 2.75) is 11.8 Å². The van der Waals surface area contributed by atoms with Crippen molar-refractivity contribution in [1.82, 2.24) is 4.98 Å². The van der Waals surface area contributed by atoms with Gasteiger partial charge in [-0.1, -0.05) is 36.4 Å². The molecule has 1 aromatic heterocycles. The molecule has 0 saturated heterocycles. The molecule has 1 N–H and O–H groups in total. The lowest BCUT2D eigenvalue weighted by Crippen LogP contribution is -2.16. The number of carbonyl (C=O) groups excluding carboxylic acids is 1. The van der Waals surface area contributed by atoms with E-state index in [1.54, 1.807) is 60.8 Å². The summed E-state index contributed by atoms with van der Waals surface area (Å²) < 4.78 is 31.6. The Morgan fingerprint density at radius 3 is 2.43 bits per heavy atom. The third-order valence-corrected chi connectivity index (χ3v) is 5.86. The summed E-state index contributed by atoms with van der Waals surface area (Å²) in [7, 11) is -4.21. The van der Waals surface area contributed by atoms with Gasteiger partial charge in [0.05, 0.1) is 11.1 Å². The minimum absolute atomic E-state index is 0.00512. The molecule has 0 unspecified atom stereocenters. The van der Waals surface area contributed by atoms with E-state index in [0.29, 0.717) is 16.6 Å². The molecule has 0 aliphatic rings. The Morgan fingerprint density at radius 2 is 1.63 bits per heavy atom. The second kappa shape index (κ2) is 7.96. The summed E-state index contributed by atoms with van der Waals surface area (Å²) in [4.78, 5) is 17.0. The molecular formula is C23H18N2O4S. The largest absolute Gasteiger partial charge is 0.378 e. The van der Waals surface area contributed by atoms with E-state index in [9.17, 15) is 13.2 Å². The molecule has 4 aromatic rings. The number of anilines is 1. The molecule has 150 valence electrons. The number of amides is 1. The molecule has 0 aliphatic heterocycles. The minimum Gasteiger partial charge on any atom is -0.378 e. The number of hydrogen-bond donors (Lipinski definition) is 1. The lowest BCUT2D eigenvalue weighted by atomic mass is 10.1. The van der Waals surface area contributed by atoms with Gasteiger partial charge in [-0.05, 0) is 55.0 Å². The Balaban J connectivity index is 1.70. The highest BCUT2D eigenvalue weighted by Crippen LogP contribution is 2.29. The van der Waals surface area contributed by atoms with Crippen molar-refractivity contribution in [3.8, 4) is 5.75 Å². The molecule has 0 fully saturated rings. The fourth-order valence-electron chi connectivity index (χ4n) is 3.12. The van der Waals surface area contributed by atoms with E-state index >= 15 is 0 Å². The first-order valence-electron chi connectivity index (χ1n) is 9.20. The predicted octanol–water partition coefficient (Wildman–Crippen LogP) is 4.56. The van der Waals surface area contributed by atoms with Crippen molar-refractivity contribution in [2.24, 2.45) is 0 Å². The van der Waals surface area contributed by atoms with Crippen LogP contribution in [0, 0.1) is 6.92 Å². The van der Waals surface area contributed by atoms with E-state index in [-0.39, 0.29) is 16.2 Å². The Kier molecular flexibility index (Phi) is 5.20. The standard InChI is InChI=1S/C23H18N2O4S/c1-16-13-14-21(19-11-7-15-24-22(16)19)30(27,28)29-20-12-6-5-10-18(20)23(26)25-17-8-3-2-4-9-17/h2-15H,1H3,(H,25,26). The van der Waals surface area contributed by atoms with E-state index < -0.39 is 16.0 Å². The van der Waals surface area contributed by atoms with Crippen molar-refractivity contribution < 1.29 is 17.4 Å². The van der Waals surface area contributed by atoms with Gasteiger partial charge in [0.1, 0.15) is 4.90 Å². The topological polar surface area (TPSA) is 85.4 Å². The average molecular weight is 418 g/mol. The normalized spacial score (nSPS) is 11.2. The molecule has 6 nitrogen and oxygen atoms in total. The van der Waals surface area contributed by atoms with Crippen LogP contribution in [0.2, 0.25) is 0 Å². The molecule has 4 rings (SSSR count). The SMILES string of the molecule is Cc1ccc(S(=O)(=O)Oc2ccccc2C(=O)Nc2ccccc2)c2cccnc12. The van der Waals surface area contributed by atoms with Crippen molar-refractivity contribution >= 4 is 32.6 Å². The summed E-state index contributed by atoms with van der Waals surface area (Å²) in [6, 6.07) is 21.6. The van der Waals surface area contributed by atoms with Crippen molar-refractivity contribution in [3.05, 3.63) is 96.2 Å². The number of pyridine rings is 1. The van der Waals surface area contributed by atoms with Crippen LogP contribution in [-0.4, -0.2) is 19.3 Å². The number of para-hydroxylation sites is 2. The zero-order valence-electron chi connectivity index (χ0n) is 16.1. The molecule has 3 aromatic carbocycles. The highest BCUT2D eigenvalue weighted by Gasteiger charge is 2.23. The van der Waals surface area contributed by atoms with Crippen molar-refractivity contribution in [2.75, 3.05) is 5.32 Å². The van der Waals surface area contributed by atoms with Crippen LogP contribution in [0.4, 0.5) is 5.69 Å². The van der Waals surface area contributed by atoms with Gasteiger partial charge in [-0.2, -0.15) is 8.42 Å². The quantitative estimate of drug-likeness (QED) is 0.480. The number of hydrogen-bond acceptors (Lipinski definition) is 5. The summed E-state index contributed by atoms with van der Waals surface area (Å²) in [6.45, 7) is 1.86. The molecular weight excluding hydrogens is 400 g/mol. The number of nitrogens with zero attached hydrogens (tertiary/aromatic N) is 1. The molecule has 0 spiro atoms. The maximum Gasteiger partial charge on any atom is 0.339 e. The number of nitrogens with one attached hydrogen (secondary N) is 1. The number of carbonyl (C=O) groups is 1. The summed E-state index contributed by atoms with van der Waals surface area (Å²) in [5, 5.41) is 3.20. The number of fused-ring (bicyclic) bond motifs is 1. The smallest absolute Gasteiger partial charge is 0.339 e. The van der Waals surface area contributed by atoms with E-state index in [4.69, 9.17) is 4.18 Å². The fourth-order valence-corrected chi connectivity index (χ4v) is 4.26. The van der Waals surface area contributed by atoms with Gasteiger partial charge in [0.2, 0.25) is 0 Å². The summed E-state index contributed by atoms with van der Waals surface area (Å²) in [5.41, 5.74) is 2.14. The first-order chi connectivity index (χ1) is 14.5. The van der Waals surface area contributed by atoms with Crippen molar-refractivity contribution in [1.29, 1.82) is 0 Å². The highest BCUT2D eigenvalue weighted by molar-refractivity contribution is 7.87. The summed E-state index contributed by atoms with van der Waals surface area (Å²) in [5.74, 6) is -0.522. The van der Waals surface area contributed by atoms with Crippen LogP contribution < -0.4 is 9.50 Å².